The molecular formula is C15H23FIN5O2S. The third-order valence-corrected chi connectivity index (χ3v) is 4.16. The van der Waals surface area contributed by atoms with Crippen molar-refractivity contribution in [2.75, 3.05) is 25.4 Å². The summed E-state index contributed by atoms with van der Waals surface area (Å²) < 4.78 is 35.2. The van der Waals surface area contributed by atoms with Crippen LogP contribution in [0.5, 0.6) is 0 Å². The Bertz CT molecular complexity index is 822. The van der Waals surface area contributed by atoms with Crippen LogP contribution in [-0.4, -0.2) is 44.7 Å². The minimum Gasteiger partial charge on any atom is -0.361 e. The van der Waals surface area contributed by atoms with Crippen LogP contribution in [-0.2, 0) is 16.4 Å². The summed E-state index contributed by atoms with van der Waals surface area (Å²) in [5.41, 5.74) is 1.89. The van der Waals surface area contributed by atoms with Crippen molar-refractivity contribution >= 4 is 50.9 Å². The highest BCUT2D eigenvalue weighted by molar-refractivity contribution is 14.0. The number of nitrogens with one attached hydrogen (secondary N) is 3. The van der Waals surface area contributed by atoms with Gasteiger partial charge in [0.05, 0.1) is 12.3 Å². The first kappa shape index (κ1) is 21.6. The highest BCUT2D eigenvalue weighted by Crippen LogP contribution is 2.19. The Morgan fingerprint density at radius 2 is 2.12 bits per heavy atom. The van der Waals surface area contributed by atoms with Crippen molar-refractivity contribution in [2.24, 2.45) is 10.1 Å². The Morgan fingerprint density at radius 1 is 1.36 bits per heavy atom. The van der Waals surface area contributed by atoms with Gasteiger partial charge in [-0.2, -0.15) is 0 Å². The van der Waals surface area contributed by atoms with Crippen molar-refractivity contribution in [1.82, 2.24) is 15.6 Å². The number of aliphatic imine (C=N–C) groups is 1. The van der Waals surface area contributed by atoms with Crippen molar-refractivity contribution in [3.8, 4) is 0 Å². The van der Waals surface area contributed by atoms with E-state index in [1.165, 1.54) is 12.1 Å². The Balaban J connectivity index is 0.00000312. The maximum atomic E-state index is 13.4. The van der Waals surface area contributed by atoms with Gasteiger partial charge in [-0.05, 0) is 37.1 Å². The van der Waals surface area contributed by atoms with Gasteiger partial charge in [-0.3, -0.25) is 4.99 Å². The number of fused-ring (bicyclic) bond motifs is 1. The molecule has 1 aromatic heterocycles. The molecule has 5 N–H and O–H groups in total. The van der Waals surface area contributed by atoms with Gasteiger partial charge >= 0.3 is 0 Å². The molecule has 140 valence electrons. The molecule has 0 amide bonds. The molecule has 2 aromatic rings. The zero-order valence-corrected chi connectivity index (χ0v) is 17.0. The van der Waals surface area contributed by atoms with Crippen LogP contribution in [0.2, 0.25) is 0 Å². The van der Waals surface area contributed by atoms with E-state index in [1.54, 1.807) is 6.07 Å². The van der Waals surface area contributed by atoms with E-state index < -0.39 is 10.0 Å². The lowest BCUT2D eigenvalue weighted by atomic mass is 10.1. The number of guanidine groups is 1. The maximum Gasteiger partial charge on any atom is 0.210 e. The van der Waals surface area contributed by atoms with E-state index in [1.807, 2.05) is 13.1 Å². The number of H-pyrrole nitrogens is 1. The first-order chi connectivity index (χ1) is 11.4. The summed E-state index contributed by atoms with van der Waals surface area (Å²) in [7, 11) is -3.52. The molecule has 0 saturated heterocycles. The first-order valence-corrected chi connectivity index (χ1v) is 9.39. The Labute approximate surface area is 163 Å². The maximum absolute atomic E-state index is 13.4. The smallest absolute Gasteiger partial charge is 0.210 e. The van der Waals surface area contributed by atoms with Gasteiger partial charge in [0.15, 0.2) is 5.96 Å². The number of aromatic amines is 1. The Hall–Kier alpha value is -1.40. The average molecular weight is 483 g/mol. The highest BCUT2D eigenvalue weighted by atomic mass is 127. The molecule has 0 atom stereocenters. The summed E-state index contributed by atoms with van der Waals surface area (Å²) in [5.74, 6) is 0.0482. The van der Waals surface area contributed by atoms with Crippen LogP contribution in [0.3, 0.4) is 0 Å². The average Bonchev–Trinajstić information content (AvgIpc) is 2.88. The van der Waals surface area contributed by atoms with E-state index in [4.69, 9.17) is 5.14 Å². The van der Waals surface area contributed by atoms with E-state index in [9.17, 15) is 12.8 Å². The second-order valence-electron chi connectivity index (χ2n) is 5.31. The van der Waals surface area contributed by atoms with Gasteiger partial charge in [-0.25, -0.2) is 17.9 Å². The molecule has 0 saturated carbocycles. The van der Waals surface area contributed by atoms with E-state index in [2.05, 4.69) is 20.6 Å². The predicted octanol–water partition coefficient (Wildman–Crippen LogP) is 1.31. The second-order valence-corrected chi connectivity index (χ2v) is 7.04. The van der Waals surface area contributed by atoms with Crippen LogP contribution in [0.25, 0.3) is 10.9 Å². The summed E-state index contributed by atoms with van der Waals surface area (Å²) in [5, 5.41) is 12.0. The van der Waals surface area contributed by atoms with Crippen molar-refractivity contribution in [3.63, 3.8) is 0 Å². The van der Waals surface area contributed by atoms with Crippen LogP contribution in [0.4, 0.5) is 4.39 Å². The second kappa shape index (κ2) is 9.92. The van der Waals surface area contributed by atoms with Gasteiger partial charge in [0.25, 0.3) is 0 Å². The minimum atomic E-state index is -3.52. The lowest BCUT2D eigenvalue weighted by molar-refractivity contribution is 0.597. The highest BCUT2D eigenvalue weighted by Gasteiger charge is 2.06. The summed E-state index contributed by atoms with van der Waals surface area (Å²) in [6.07, 6.45) is 2.53. The number of nitrogens with two attached hydrogens (primary N) is 1. The molecule has 25 heavy (non-hydrogen) atoms. The molecule has 0 unspecified atom stereocenters. The summed E-state index contributed by atoms with van der Waals surface area (Å²) >= 11 is 0. The minimum absolute atomic E-state index is 0. The zero-order chi connectivity index (χ0) is 17.6. The van der Waals surface area contributed by atoms with Gasteiger partial charge in [0.1, 0.15) is 5.82 Å². The molecule has 0 fully saturated rings. The van der Waals surface area contributed by atoms with Gasteiger partial charge in [0.2, 0.25) is 10.0 Å². The third-order valence-electron chi connectivity index (χ3n) is 3.41. The molecule has 1 heterocycles. The van der Waals surface area contributed by atoms with Crippen molar-refractivity contribution in [1.29, 1.82) is 0 Å². The fourth-order valence-corrected chi connectivity index (χ4v) is 2.65. The number of sulfonamides is 1. The van der Waals surface area contributed by atoms with Crippen molar-refractivity contribution < 1.29 is 12.8 Å². The topological polar surface area (TPSA) is 112 Å². The molecule has 0 aliphatic rings. The number of primary sulfonamides is 1. The van der Waals surface area contributed by atoms with E-state index in [0.717, 1.165) is 16.5 Å². The number of benzene rings is 1. The molecule has 10 heteroatoms. The van der Waals surface area contributed by atoms with E-state index in [-0.39, 0.29) is 42.1 Å². The van der Waals surface area contributed by atoms with Crippen LogP contribution in [0, 0.1) is 5.82 Å². The van der Waals surface area contributed by atoms with Crippen LogP contribution < -0.4 is 15.8 Å². The Morgan fingerprint density at radius 3 is 2.80 bits per heavy atom. The number of hydrogen-bond donors (Lipinski definition) is 4. The fraction of sp³-hybridized carbons (Fsp3) is 0.400. The molecule has 7 nitrogen and oxygen atoms in total. The SMILES string of the molecule is CCNC(=NCCS(N)(=O)=O)NCCc1c[nH]c2ccc(F)cc12.I. The number of nitrogens with zero attached hydrogens (tertiary/aromatic N) is 1. The number of rotatable bonds is 7. The van der Waals surface area contributed by atoms with Crippen LogP contribution in [0.1, 0.15) is 12.5 Å². The van der Waals surface area contributed by atoms with Crippen LogP contribution in [0.15, 0.2) is 29.4 Å². The molecule has 1 aromatic carbocycles. The summed E-state index contributed by atoms with van der Waals surface area (Å²) in [4.78, 5) is 7.27. The van der Waals surface area contributed by atoms with Gasteiger partial charge < -0.3 is 15.6 Å². The molecule has 0 radical (unpaired) electrons. The molecule has 2 rings (SSSR count). The largest absolute Gasteiger partial charge is 0.361 e. The lowest BCUT2D eigenvalue weighted by Crippen LogP contribution is -2.38. The van der Waals surface area contributed by atoms with Crippen molar-refractivity contribution in [2.45, 2.75) is 13.3 Å². The summed E-state index contributed by atoms with van der Waals surface area (Å²) in [6, 6.07) is 4.63. The molecule has 0 aliphatic heterocycles. The number of halogens is 2. The van der Waals surface area contributed by atoms with E-state index in [0.29, 0.717) is 25.5 Å². The molecular weight excluding hydrogens is 460 g/mol. The predicted molar refractivity (Wildman–Crippen MR) is 109 cm³/mol. The summed E-state index contributed by atoms with van der Waals surface area (Å²) in [6.45, 7) is 3.23. The normalized spacial score (nSPS) is 12.0. The van der Waals surface area contributed by atoms with Crippen molar-refractivity contribution in [3.05, 3.63) is 35.8 Å². The third kappa shape index (κ3) is 7.16. The fourth-order valence-electron chi connectivity index (χ4n) is 2.30. The quantitative estimate of drug-likeness (QED) is 0.270. The van der Waals surface area contributed by atoms with Gasteiger partial charge in [0, 0.05) is 30.2 Å². The molecule has 0 bridgehead atoms. The standard InChI is InChI=1S/C15H22FN5O2S.HI/c1-2-18-15(20-7-8-24(17,22)23)19-6-5-11-10-21-14-4-3-12(16)9-13(11)14;/h3-4,9-10,21H,2,5-8H2,1H3,(H2,17,22,23)(H2,18,19,20);1H. The lowest BCUT2D eigenvalue weighted by Gasteiger charge is -2.11. The molecule has 0 aliphatic carbocycles. The van der Waals surface area contributed by atoms with Crippen LogP contribution >= 0.6 is 24.0 Å². The first-order valence-electron chi connectivity index (χ1n) is 7.67. The zero-order valence-electron chi connectivity index (χ0n) is 13.9. The van der Waals surface area contributed by atoms with E-state index >= 15 is 0 Å². The Kier molecular flexibility index (Phi) is 8.59. The monoisotopic (exact) mass is 483 g/mol. The number of aromatic nitrogens is 1. The number of hydrogen-bond acceptors (Lipinski definition) is 3. The molecule has 0 spiro atoms. The van der Waals surface area contributed by atoms with Gasteiger partial charge in [-0.1, -0.05) is 0 Å². The van der Waals surface area contributed by atoms with Gasteiger partial charge in [-0.15, -0.1) is 24.0 Å².